The lowest BCUT2D eigenvalue weighted by Gasteiger charge is -2.31. The number of hydrogen-bond acceptors (Lipinski definition) is 7. The van der Waals surface area contributed by atoms with Crippen LogP contribution in [0, 0.1) is 11.8 Å². The first-order valence-corrected chi connectivity index (χ1v) is 11.7. The highest BCUT2D eigenvalue weighted by Gasteiger charge is 2.31. The van der Waals surface area contributed by atoms with Crippen LogP contribution in [0.4, 0.5) is 9.59 Å². The van der Waals surface area contributed by atoms with E-state index >= 15 is 0 Å². The van der Waals surface area contributed by atoms with Crippen molar-refractivity contribution in [1.82, 2.24) is 20.9 Å². The first-order chi connectivity index (χ1) is 15.7. The van der Waals surface area contributed by atoms with E-state index in [1.807, 2.05) is 13.8 Å². The molecule has 2 heterocycles. The van der Waals surface area contributed by atoms with Gasteiger partial charge >= 0.3 is 12.2 Å². The van der Waals surface area contributed by atoms with E-state index in [1.165, 1.54) is 0 Å². The summed E-state index contributed by atoms with van der Waals surface area (Å²) in [5, 5.41) is 7.96. The normalized spacial score (nSPS) is 20.5. The molecule has 2 aliphatic rings. The largest absolute Gasteiger partial charge is 0.450 e. The van der Waals surface area contributed by atoms with Gasteiger partial charge in [0.05, 0.1) is 12.6 Å². The van der Waals surface area contributed by atoms with Crippen LogP contribution in [-0.4, -0.2) is 79.6 Å². The second-order valence-electron chi connectivity index (χ2n) is 8.88. The van der Waals surface area contributed by atoms with Crippen molar-refractivity contribution in [1.29, 1.82) is 0 Å². The molecule has 0 aromatic heterocycles. The quantitative estimate of drug-likeness (QED) is 0.405. The molecule has 0 aromatic carbocycles. The van der Waals surface area contributed by atoms with Crippen LogP contribution in [-0.2, 0) is 23.9 Å². The Labute approximate surface area is 194 Å². The van der Waals surface area contributed by atoms with E-state index in [4.69, 9.17) is 9.47 Å². The standard InChI is InChI=1S/C22H36N4O7/c1-4-32-22(31)26-9-6-17(7-10-26)33-21(30)25-18(11-14(2)3)20(29)24-16(13-27)12-15-5-8-23-19(15)28/h13-18H,4-12H2,1-3H3,(H,23,28)(H,24,29)(H,25,30)/t15-,16-,18-/m0/s1. The van der Waals surface area contributed by atoms with Gasteiger partial charge in [0.15, 0.2) is 0 Å². The molecule has 2 aliphatic heterocycles. The highest BCUT2D eigenvalue weighted by atomic mass is 16.6. The Morgan fingerprint density at radius 2 is 1.88 bits per heavy atom. The van der Waals surface area contributed by atoms with Crippen LogP contribution < -0.4 is 16.0 Å². The van der Waals surface area contributed by atoms with Gasteiger partial charge in [-0.3, -0.25) is 9.59 Å². The lowest BCUT2D eigenvalue weighted by Crippen LogP contribution is -2.52. The predicted octanol–water partition coefficient (Wildman–Crippen LogP) is 0.958. The average Bonchev–Trinajstić information content (AvgIpc) is 3.17. The summed E-state index contributed by atoms with van der Waals surface area (Å²) in [5.74, 6) is -0.828. The Morgan fingerprint density at radius 3 is 2.42 bits per heavy atom. The van der Waals surface area contributed by atoms with E-state index in [1.54, 1.807) is 11.8 Å². The number of ether oxygens (including phenoxy) is 2. The van der Waals surface area contributed by atoms with Crippen molar-refractivity contribution in [3.05, 3.63) is 0 Å². The molecule has 2 saturated heterocycles. The Morgan fingerprint density at radius 1 is 1.18 bits per heavy atom. The molecule has 4 amide bonds. The number of alkyl carbamates (subject to hydrolysis) is 1. The van der Waals surface area contributed by atoms with Gasteiger partial charge in [0, 0.05) is 38.4 Å². The van der Waals surface area contributed by atoms with Gasteiger partial charge in [-0.25, -0.2) is 9.59 Å². The molecule has 0 aliphatic carbocycles. The van der Waals surface area contributed by atoms with Crippen LogP contribution in [0.25, 0.3) is 0 Å². The average molecular weight is 469 g/mol. The highest BCUT2D eigenvalue weighted by molar-refractivity contribution is 5.88. The molecule has 0 saturated carbocycles. The Bertz CT molecular complexity index is 707. The molecule has 33 heavy (non-hydrogen) atoms. The molecule has 186 valence electrons. The molecular formula is C22H36N4O7. The Balaban J connectivity index is 1.86. The minimum absolute atomic E-state index is 0.101. The molecular weight excluding hydrogens is 432 g/mol. The van der Waals surface area contributed by atoms with Crippen LogP contribution in [0.1, 0.15) is 52.9 Å². The fourth-order valence-corrected chi connectivity index (χ4v) is 4.01. The molecule has 11 nitrogen and oxygen atoms in total. The van der Waals surface area contributed by atoms with E-state index in [2.05, 4.69) is 16.0 Å². The van der Waals surface area contributed by atoms with Crippen molar-refractivity contribution < 1.29 is 33.4 Å². The second kappa shape index (κ2) is 13.0. The lowest BCUT2D eigenvalue weighted by atomic mass is 9.98. The topological polar surface area (TPSA) is 143 Å². The van der Waals surface area contributed by atoms with Gasteiger partial charge in [-0.15, -0.1) is 0 Å². The summed E-state index contributed by atoms with van der Waals surface area (Å²) < 4.78 is 10.4. The summed E-state index contributed by atoms with van der Waals surface area (Å²) in [7, 11) is 0. The lowest BCUT2D eigenvalue weighted by molar-refractivity contribution is -0.127. The van der Waals surface area contributed by atoms with E-state index in [0.29, 0.717) is 58.2 Å². The number of aldehydes is 1. The molecule has 3 atom stereocenters. The number of nitrogens with zero attached hydrogens (tertiary/aromatic N) is 1. The SMILES string of the molecule is CCOC(=O)N1CCC(OC(=O)N[C@@H](CC(C)C)C(=O)N[C@H](C=O)C[C@@H]2CCNC2=O)CC1. The molecule has 0 radical (unpaired) electrons. The Hall–Kier alpha value is -2.85. The van der Waals surface area contributed by atoms with Crippen molar-refractivity contribution in [2.75, 3.05) is 26.2 Å². The van der Waals surface area contributed by atoms with Gasteiger partial charge in [0.25, 0.3) is 0 Å². The second-order valence-corrected chi connectivity index (χ2v) is 8.88. The summed E-state index contributed by atoms with van der Waals surface area (Å²) in [6, 6.07) is -1.69. The van der Waals surface area contributed by atoms with Crippen LogP contribution in [0.5, 0.6) is 0 Å². The number of carbonyl (C=O) groups excluding carboxylic acids is 5. The van der Waals surface area contributed by atoms with Crippen LogP contribution in [0.15, 0.2) is 0 Å². The minimum atomic E-state index is -0.878. The molecule has 3 N–H and O–H groups in total. The van der Waals surface area contributed by atoms with Gasteiger partial charge in [-0.05, 0) is 32.1 Å². The van der Waals surface area contributed by atoms with Crippen molar-refractivity contribution in [3.63, 3.8) is 0 Å². The molecule has 0 spiro atoms. The molecule has 0 aromatic rings. The van der Waals surface area contributed by atoms with Crippen molar-refractivity contribution in [3.8, 4) is 0 Å². The summed E-state index contributed by atoms with van der Waals surface area (Å²) >= 11 is 0. The third-order valence-electron chi connectivity index (χ3n) is 5.75. The first-order valence-electron chi connectivity index (χ1n) is 11.7. The zero-order valence-electron chi connectivity index (χ0n) is 19.6. The number of rotatable bonds is 10. The van der Waals surface area contributed by atoms with Crippen molar-refractivity contribution in [2.45, 2.75) is 71.1 Å². The zero-order chi connectivity index (χ0) is 24.4. The number of nitrogens with one attached hydrogen (secondary N) is 3. The number of hydrogen-bond donors (Lipinski definition) is 3. The van der Waals surface area contributed by atoms with Gasteiger partial charge in [0.1, 0.15) is 18.4 Å². The zero-order valence-corrected chi connectivity index (χ0v) is 19.6. The van der Waals surface area contributed by atoms with Crippen LogP contribution >= 0.6 is 0 Å². The maximum atomic E-state index is 12.8. The maximum Gasteiger partial charge on any atom is 0.409 e. The van der Waals surface area contributed by atoms with E-state index in [0.717, 1.165) is 0 Å². The number of likely N-dealkylation sites (tertiary alicyclic amines) is 1. The molecule has 0 unspecified atom stereocenters. The number of piperidine rings is 1. The number of carbonyl (C=O) groups is 5. The van der Waals surface area contributed by atoms with E-state index < -0.39 is 24.1 Å². The first kappa shape index (κ1) is 26.4. The molecule has 2 rings (SSSR count). The summed E-state index contributed by atoms with van der Waals surface area (Å²) in [4.78, 5) is 61.9. The third kappa shape index (κ3) is 8.54. The minimum Gasteiger partial charge on any atom is -0.450 e. The van der Waals surface area contributed by atoms with Gasteiger partial charge in [-0.1, -0.05) is 13.8 Å². The number of amides is 4. The molecule has 11 heteroatoms. The summed E-state index contributed by atoms with van der Waals surface area (Å²) in [5.41, 5.74) is 0. The Kier molecular flexibility index (Phi) is 10.4. The van der Waals surface area contributed by atoms with Crippen molar-refractivity contribution >= 4 is 30.3 Å². The highest BCUT2D eigenvalue weighted by Crippen LogP contribution is 2.17. The van der Waals surface area contributed by atoms with Crippen molar-refractivity contribution in [2.24, 2.45) is 11.8 Å². The van der Waals surface area contributed by atoms with E-state index in [-0.39, 0.29) is 36.4 Å². The smallest absolute Gasteiger partial charge is 0.409 e. The third-order valence-corrected chi connectivity index (χ3v) is 5.75. The fourth-order valence-electron chi connectivity index (χ4n) is 4.01. The molecule has 0 bridgehead atoms. The molecule has 2 fully saturated rings. The van der Waals surface area contributed by atoms with Gasteiger partial charge < -0.3 is 35.1 Å². The van der Waals surface area contributed by atoms with Gasteiger partial charge in [0.2, 0.25) is 11.8 Å². The predicted molar refractivity (Wildman–Crippen MR) is 118 cm³/mol. The van der Waals surface area contributed by atoms with Crippen LogP contribution in [0.3, 0.4) is 0 Å². The monoisotopic (exact) mass is 468 g/mol. The van der Waals surface area contributed by atoms with E-state index in [9.17, 15) is 24.0 Å². The van der Waals surface area contributed by atoms with Gasteiger partial charge in [-0.2, -0.15) is 0 Å². The maximum absolute atomic E-state index is 12.8. The fraction of sp³-hybridized carbons (Fsp3) is 0.773. The summed E-state index contributed by atoms with van der Waals surface area (Å²) in [6.07, 6.45) is 1.30. The summed E-state index contributed by atoms with van der Waals surface area (Å²) in [6.45, 7) is 7.27. The van der Waals surface area contributed by atoms with Crippen LogP contribution in [0.2, 0.25) is 0 Å².